The summed E-state index contributed by atoms with van der Waals surface area (Å²) in [6.07, 6.45) is 0. The molecular formula is C20H13ClN2O6S. The SMILES string of the molecule is O=C(COC(=O)c1ccccc1C(=O)c1cccs1)Nc1ccc([N+](=O)[O-])cc1Cl. The summed E-state index contributed by atoms with van der Waals surface area (Å²) in [5, 5.41) is 14.9. The second-order valence-electron chi connectivity index (χ2n) is 5.90. The summed E-state index contributed by atoms with van der Waals surface area (Å²) in [6.45, 7) is -0.631. The van der Waals surface area contributed by atoms with Gasteiger partial charge >= 0.3 is 5.97 Å². The highest BCUT2D eigenvalue weighted by atomic mass is 35.5. The Kier molecular flexibility index (Phi) is 6.55. The number of nitrogens with zero attached hydrogens (tertiary/aromatic N) is 1. The minimum Gasteiger partial charge on any atom is -0.452 e. The quantitative estimate of drug-likeness (QED) is 0.251. The molecule has 2 aromatic carbocycles. The average molecular weight is 445 g/mol. The van der Waals surface area contributed by atoms with Crippen LogP contribution in [0.15, 0.2) is 60.0 Å². The highest BCUT2D eigenvalue weighted by molar-refractivity contribution is 7.12. The van der Waals surface area contributed by atoms with Crippen LogP contribution in [0.5, 0.6) is 0 Å². The third-order valence-corrected chi connectivity index (χ3v) is 5.09. The van der Waals surface area contributed by atoms with Crippen LogP contribution in [0, 0.1) is 10.1 Å². The van der Waals surface area contributed by atoms with E-state index in [-0.39, 0.29) is 33.3 Å². The number of anilines is 1. The zero-order valence-corrected chi connectivity index (χ0v) is 16.7. The molecule has 1 heterocycles. The minimum absolute atomic E-state index is 0.0317. The number of halogens is 1. The first-order chi connectivity index (χ1) is 14.4. The summed E-state index contributed by atoms with van der Waals surface area (Å²) >= 11 is 7.17. The van der Waals surface area contributed by atoms with E-state index in [2.05, 4.69) is 5.32 Å². The maximum absolute atomic E-state index is 12.6. The van der Waals surface area contributed by atoms with E-state index in [1.165, 1.54) is 35.6 Å². The van der Waals surface area contributed by atoms with Crippen molar-refractivity contribution in [2.45, 2.75) is 0 Å². The lowest BCUT2D eigenvalue weighted by molar-refractivity contribution is -0.384. The van der Waals surface area contributed by atoms with Crippen LogP contribution >= 0.6 is 22.9 Å². The van der Waals surface area contributed by atoms with Crippen molar-refractivity contribution in [2.24, 2.45) is 0 Å². The number of carbonyl (C=O) groups is 3. The van der Waals surface area contributed by atoms with Crippen molar-refractivity contribution in [1.82, 2.24) is 0 Å². The molecule has 0 aliphatic heterocycles. The molecule has 3 aromatic rings. The van der Waals surface area contributed by atoms with Gasteiger partial charge in [0, 0.05) is 17.7 Å². The predicted molar refractivity (Wildman–Crippen MR) is 111 cm³/mol. The maximum Gasteiger partial charge on any atom is 0.339 e. The van der Waals surface area contributed by atoms with Crippen molar-refractivity contribution in [1.29, 1.82) is 0 Å². The van der Waals surface area contributed by atoms with Gasteiger partial charge in [0.05, 0.1) is 26.1 Å². The van der Waals surface area contributed by atoms with Gasteiger partial charge in [-0.25, -0.2) is 4.79 Å². The number of nitro benzene ring substituents is 1. The fourth-order valence-corrected chi connectivity index (χ4v) is 3.41. The fraction of sp³-hybridized carbons (Fsp3) is 0.0500. The van der Waals surface area contributed by atoms with Crippen molar-refractivity contribution < 1.29 is 24.0 Å². The first-order valence-corrected chi connectivity index (χ1v) is 9.70. The van der Waals surface area contributed by atoms with Crippen LogP contribution in [0.25, 0.3) is 0 Å². The molecule has 0 unspecified atom stereocenters. The third kappa shape index (κ3) is 4.88. The average Bonchev–Trinajstić information content (AvgIpc) is 3.27. The number of nitro groups is 1. The molecule has 10 heteroatoms. The minimum atomic E-state index is -0.833. The number of hydrogen-bond acceptors (Lipinski definition) is 7. The van der Waals surface area contributed by atoms with Crippen molar-refractivity contribution in [3.05, 3.63) is 91.1 Å². The van der Waals surface area contributed by atoms with Gasteiger partial charge in [-0.15, -0.1) is 11.3 Å². The Morgan fingerprint density at radius 3 is 2.43 bits per heavy atom. The molecule has 1 amide bonds. The molecule has 0 spiro atoms. The smallest absolute Gasteiger partial charge is 0.339 e. The van der Waals surface area contributed by atoms with E-state index in [1.807, 2.05) is 0 Å². The van der Waals surface area contributed by atoms with E-state index in [9.17, 15) is 24.5 Å². The molecule has 0 saturated carbocycles. The summed E-state index contributed by atoms with van der Waals surface area (Å²) in [4.78, 5) is 47.7. The third-order valence-electron chi connectivity index (χ3n) is 3.91. The second-order valence-corrected chi connectivity index (χ2v) is 7.25. The number of non-ortho nitro benzene ring substituents is 1. The van der Waals surface area contributed by atoms with E-state index in [4.69, 9.17) is 16.3 Å². The van der Waals surface area contributed by atoms with Gasteiger partial charge in [0.25, 0.3) is 11.6 Å². The number of rotatable bonds is 7. The second kappa shape index (κ2) is 9.29. The Labute approximate surface area is 179 Å². The fourth-order valence-electron chi connectivity index (χ4n) is 2.51. The molecule has 1 N–H and O–H groups in total. The molecule has 0 radical (unpaired) electrons. The van der Waals surface area contributed by atoms with Crippen LogP contribution in [0.3, 0.4) is 0 Å². The number of esters is 1. The van der Waals surface area contributed by atoms with Gasteiger partial charge in [0.1, 0.15) is 0 Å². The maximum atomic E-state index is 12.6. The molecule has 0 aliphatic carbocycles. The first kappa shape index (κ1) is 21.2. The Hall–Kier alpha value is -3.56. The van der Waals surface area contributed by atoms with Crippen LogP contribution in [0.2, 0.25) is 5.02 Å². The lowest BCUT2D eigenvalue weighted by Gasteiger charge is -2.10. The number of ether oxygens (including phenoxy) is 1. The molecule has 0 saturated heterocycles. The monoisotopic (exact) mass is 444 g/mol. The summed E-state index contributed by atoms with van der Waals surface area (Å²) in [7, 11) is 0. The van der Waals surface area contributed by atoms with E-state index in [0.717, 1.165) is 6.07 Å². The van der Waals surface area contributed by atoms with Gasteiger partial charge in [-0.2, -0.15) is 0 Å². The summed E-state index contributed by atoms with van der Waals surface area (Å²) in [5.74, 6) is -1.85. The summed E-state index contributed by atoms with van der Waals surface area (Å²) < 4.78 is 5.02. The van der Waals surface area contributed by atoms with Gasteiger partial charge in [-0.05, 0) is 23.6 Å². The molecule has 0 atom stereocenters. The Morgan fingerprint density at radius 2 is 1.80 bits per heavy atom. The Balaban J connectivity index is 1.66. The molecule has 0 bridgehead atoms. The largest absolute Gasteiger partial charge is 0.452 e. The van der Waals surface area contributed by atoms with Gasteiger partial charge in [-0.3, -0.25) is 19.7 Å². The van der Waals surface area contributed by atoms with Crippen LogP contribution < -0.4 is 5.32 Å². The number of thiophene rings is 1. The molecule has 0 aliphatic rings. The topological polar surface area (TPSA) is 116 Å². The Bertz CT molecular complexity index is 1130. The van der Waals surface area contributed by atoms with E-state index in [0.29, 0.717) is 4.88 Å². The first-order valence-electron chi connectivity index (χ1n) is 8.45. The van der Waals surface area contributed by atoms with Crippen molar-refractivity contribution in [3.8, 4) is 0 Å². The van der Waals surface area contributed by atoms with Gasteiger partial charge < -0.3 is 10.1 Å². The number of benzene rings is 2. The zero-order chi connectivity index (χ0) is 21.7. The van der Waals surface area contributed by atoms with E-state index < -0.39 is 23.4 Å². The van der Waals surface area contributed by atoms with Crippen LogP contribution in [0.4, 0.5) is 11.4 Å². The van der Waals surface area contributed by atoms with Gasteiger partial charge in [0.15, 0.2) is 6.61 Å². The highest BCUT2D eigenvalue weighted by Gasteiger charge is 2.20. The number of nitrogens with one attached hydrogen (secondary N) is 1. The molecule has 30 heavy (non-hydrogen) atoms. The van der Waals surface area contributed by atoms with Crippen LogP contribution in [0.1, 0.15) is 25.6 Å². The summed E-state index contributed by atoms with van der Waals surface area (Å²) in [5.41, 5.74) is 0.119. The number of amides is 1. The number of ketones is 1. The van der Waals surface area contributed by atoms with E-state index in [1.54, 1.807) is 29.6 Å². The molecule has 8 nitrogen and oxygen atoms in total. The molecule has 0 fully saturated rings. The number of carbonyl (C=O) groups excluding carboxylic acids is 3. The van der Waals surface area contributed by atoms with Crippen molar-refractivity contribution >= 4 is 52.0 Å². The summed E-state index contributed by atoms with van der Waals surface area (Å²) in [6, 6.07) is 13.1. The number of hydrogen-bond donors (Lipinski definition) is 1. The zero-order valence-electron chi connectivity index (χ0n) is 15.2. The van der Waals surface area contributed by atoms with Crippen molar-refractivity contribution in [2.75, 3.05) is 11.9 Å². The molecule has 1 aromatic heterocycles. The predicted octanol–water partition coefficient (Wildman–Crippen LogP) is 4.34. The Morgan fingerprint density at radius 1 is 1.07 bits per heavy atom. The molecule has 152 valence electrons. The lowest BCUT2D eigenvalue weighted by Crippen LogP contribution is -2.22. The van der Waals surface area contributed by atoms with Gasteiger partial charge in [-0.1, -0.05) is 35.9 Å². The molecular weight excluding hydrogens is 432 g/mol. The van der Waals surface area contributed by atoms with Crippen molar-refractivity contribution in [3.63, 3.8) is 0 Å². The lowest BCUT2D eigenvalue weighted by atomic mass is 10.0. The van der Waals surface area contributed by atoms with Crippen LogP contribution in [-0.4, -0.2) is 29.2 Å². The van der Waals surface area contributed by atoms with Gasteiger partial charge in [0.2, 0.25) is 5.78 Å². The normalized spacial score (nSPS) is 10.3. The molecule has 3 rings (SSSR count). The van der Waals surface area contributed by atoms with Crippen LogP contribution in [-0.2, 0) is 9.53 Å². The highest BCUT2D eigenvalue weighted by Crippen LogP contribution is 2.26. The van der Waals surface area contributed by atoms with E-state index >= 15 is 0 Å². The standard InChI is InChI=1S/C20H13ClN2O6S/c21-15-10-12(23(27)28)7-8-16(15)22-18(24)11-29-20(26)14-5-2-1-4-13(14)19(25)17-6-3-9-30-17/h1-10H,11H2,(H,22,24).